The van der Waals surface area contributed by atoms with E-state index in [0.717, 1.165) is 12.8 Å². The number of thiophene rings is 1. The van der Waals surface area contributed by atoms with E-state index in [1.54, 1.807) is 11.4 Å². The van der Waals surface area contributed by atoms with Gasteiger partial charge in [-0.1, -0.05) is 0 Å². The van der Waals surface area contributed by atoms with E-state index >= 15 is 0 Å². The third kappa shape index (κ3) is 4.22. The Balaban J connectivity index is 2.47. The number of hydrogen-bond acceptors (Lipinski definition) is 4. The zero-order chi connectivity index (χ0) is 13.4. The molecule has 18 heavy (non-hydrogen) atoms. The van der Waals surface area contributed by atoms with Crippen molar-refractivity contribution in [2.24, 2.45) is 0 Å². The van der Waals surface area contributed by atoms with Crippen LogP contribution in [0.15, 0.2) is 11.4 Å². The Labute approximate surface area is 110 Å². The first-order valence-electron chi connectivity index (χ1n) is 5.58. The summed E-state index contributed by atoms with van der Waals surface area (Å²) >= 11 is 1.24. The fourth-order valence-electron chi connectivity index (χ4n) is 1.38. The summed E-state index contributed by atoms with van der Waals surface area (Å²) in [5, 5.41) is 4.44. The van der Waals surface area contributed by atoms with E-state index in [2.05, 4.69) is 16.0 Å². The molecule has 0 bridgehead atoms. The van der Waals surface area contributed by atoms with Crippen LogP contribution in [-0.2, 0) is 9.53 Å². The van der Waals surface area contributed by atoms with Gasteiger partial charge in [-0.25, -0.2) is 4.79 Å². The van der Waals surface area contributed by atoms with Crippen molar-refractivity contribution in [1.29, 1.82) is 0 Å². The molecular formula is C13H15NO3S. The maximum atomic E-state index is 11.6. The summed E-state index contributed by atoms with van der Waals surface area (Å²) < 4.78 is 4.63. The average Bonchev–Trinajstić information content (AvgIpc) is 2.82. The molecule has 0 saturated carbocycles. The largest absolute Gasteiger partial charge is 0.465 e. The Bertz CT molecular complexity index is 459. The highest BCUT2D eigenvalue weighted by atomic mass is 32.1. The maximum Gasteiger partial charge on any atom is 0.350 e. The Hall–Kier alpha value is -1.80. The van der Waals surface area contributed by atoms with Crippen molar-refractivity contribution in [3.63, 3.8) is 0 Å². The van der Waals surface area contributed by atoms with Gasteiger partial charge >= 0.3 is 5.97 Å². The lowest BCUT2D eigenvalue weighted by Gasteiger charge is -2.05. The second kappa shape index (κ2) is 7.51. The summed E-state index contributed by atoms with van der Waals surface area (Å²) in [6.45, 7) is 0. The predicted octanol–water partition coefficient (Wildman–Crippen LogP) is 2.67. The first kappa shape index (κ1) is 14.3. The minimum absolute atomic E-state index is 0.115. The number of rotatable bonds is 6. The molecule has 0 unspecified atom stereocenters. The number of carbonyl (C=O) groups excluding carboxylic acids is 2. The molecule has 96 valence electrons. The van der Waals surface area contributed by atoms with Crippen molar-refractivity contribution < 1.29 is 14.3 Å². The molecule has 1 rings (SSSR count). The number of carbonyl (C=O) groups is 2. The number of methoxy groups -OCH3 is 1. The number of anilines is 1. The summed E-state index contributed by atoms with van der Waals surface area (Å²) in [4.78, 5) is 23.4. The van der Waals surface area contributed by atoms with Crippen LogP contribution in [0.1, 0.15) is 35.4 Å². The Morgan fingerprint density at radius 3 is 2.94 bits per heavy atom. The van der Waals surface area contributed by atoms with Crippen LogP contribution in [0.5, 0.6) is 0 Å². The van der Waals surface area contributed by atoms with Crippen molar-refractivity contribution in [2.45, 2.75) is 25.7 Å². The lowest BCUT2D eigenvalue weighted by Crippen LogP contribution is -2.13. The van der Waals surface area contributed by atoms with Gasteiger partial charge in [-0.2, -0.15) is 0 Å². The van der Waals surface area contributed by atoms with Crippen molar-refractivity contribution in [3.8, 4) is 12.3 Å². The lowest BCUT2D eigenvalue weighted by atomic mass is 10.2. The Morgan fingerprint density at radius 1 is 1.50 bits per heavy atom. The molecule has 1 aromatic heterocycles. The Morgan fingerprint density at radius 2 is 2.28 bits per heavy atom. The molecule has 0 saturated heterocycles. The summed E-state index contributed by atoms with van der Waals surface area (Å²) in [6.07, 6.45) is 7.78. The van der Waals surface area contributed by atoms with Crippen LogP contribution < -0.4 is 5.32 Å². The van der Waals surface area contributed by atoms with Gasteiger partial charge in [0, 0.05) is 12.8 Å². The van der Waals surface area contributed by atoms with Crippen molar-refractivity contribution >= 4 is 28.9 Å². The van der Waals surface area contributed by atoms with Crippen LogP contribution in [0.2, 0.25) is 0 Å². The molecular weight excluding hydrogens is 250 g/mol. The standard InChI is InChI=1S/C13H15NO3S/c1-3-4-5-6-7-11(15)14-10-8-9-18-12(10)13(16)17-2/h1,8-9H,4-7H2,2H3,(H,14,15). The highest BCUT2D eigenvalue weighted by Gasteiger charge is 2.15. The average molecular weight is 265 g/mol. The maximum absolute atomic E-state index is 11.6. The molecule has 0 fully saturated rings. The van der Waals surface area contributed by atoms with E-state index < -0.39 is 5.97 Å². The van der Waals surface area contributed by atoms with E-state index in [1.807, 2.05) is 0 Å². The van der Waals surface area contributed by atoms with Gasteiger partial charge < -0.3 is 10.1 Å². The van der Waals surface area contributed by atoms with Crippen LogP contribution in [-0.4, -0.2) is 19.0 Å². The molecule has 1 amide bonds. The molecule has 0 aliphatic heterocycles. The molecule has 5 heteroatoms. The highest BCUT2D eigenvalue weighted by molar-refractivity contribution is 7.12. The van der Waals surface area contributed by atoms with Crippen LogP contribution in [0, 0.1) is 12.3 Å². The summed E-state index contributed by atoms with van der Waals surface area (Å²) in [7, 11) is 1.31. The van der Waals surface area contributed by atoms with Gasteiger partial charge in [0.2, 0.25) is 5.91 Å². The zero-order valence-electron chi connectivity index (χ0n) is 10.2. The molecule has 0 aromatic carbocycles. The number of hydrogen-bond donors (Lipinski definition) is 1. The molecule has 0 atom stereocenters. The van der Waals surface area contributed by atoms with Gasteiger partial charge in [0.1, 0.15) is 4.88 Å². The fourth-order valence-corrected chi connectivity index (χ4v) is 2.15. The van der Waals surface area contributed by atoms with Gasteiger partial charge in [0.25, 0.3) is 0 Å². The van der Waals surface area contributed by atoms with E-state index in [4.69, 9.17) is 6.42 Å². The Kier molecular flexibility index (Phi) is 5.95. The van der Waals surface area contributed by atoms with Gasteiger partial charge in [0.15, 0.2) is 0 Å². The molecule has 0 aliphatic rings. The predicted molar refractivity (Wildman–Crippen MR) is 71.6 cm³/mol. The zero-order valence-corrected chi connectivity index (χ0v) is 11.0. The number of ether oxygens (including phenoxy) is 1. The summed E-state index contributed by atoms with van der Waals surface area (Å²) in [5.74, 6) is 1.97. The van der Waals surface area contributed by atoms with E-state index in [1.165, 1.54) is 18.4 Å². The first-order valence-corrected chi connectivity index (χ1v) is 6.46. The highest BCUT2D eigenvalue weighted by Crippen LogP contribution is 2.23. The normalized spacial score (nSPS) is 9.56. The number of amides is 1. The van der Waals surface area contributed by atoms with Crippen LogP contribution in [0.25, 0.3) is 0 Å². The van der Waals surface area contributed by atoms with E-state index in [0.29, 0.717) is 23.4 Å². The lowest BCUT2D eigenvalue weighted by molar-refractivity contribution is -0.116. The monoisotopic (exact) mass is 265 g/mol. The third-order valence-corrected chi connectivity index (χ3v) is 3.18. The third-order valence-electron chi connectivity index (χ3n) is 2.29. The second-order valence-corrected chi connectivity index (χ2v) is 4.53. The molecule has 1 heterocycles. The minimum atomic E-state index is -0.437. The topological polar surface area (TPSA) is 55.4 Å². The second-order valence-electron chi connectivity index (χ2n) is 3.61. The van der Waals surface area contributed by atoms with Crippen LogP contribution >= 0.6 is 11.3 Å². The van der Waals surface area contributed by atoms with Gasteiger partial charge in [-0.3, -0.25) is 4.79 Å². The van der Waals surface area contributed by atoms with Crippen molar-refractivity contribution in [2.75, 3.05) is 12.4 Å². The van der Waals surface area contributed by atoms with Crippen LogP contribution in [0.4, 0.5) is 5.69 Å². The molecule has 0 aliphatic carbocycles. The number of esters is 1. The summed E-state index contributed by atoms with van der Waals surface area (Å²) in [6, 6.07) is 1.69. The molecule has 0 radical (unpaired) electrons. The van der Waals surface area contributed by atoms with E-state index in [-0.39, 0.29) is 5.91 Å². The van der Waals surface area contributed by atoms with Gasteiger partial charge in [0.05, 0.1) is 12.8 Å². The molecule has 4 nitrogen and oxygen atoms in total. The minimum Gasteiger partial charge on any atom is -0.465 e. The SMILES string of the molecule is C#CCCCCC(=O)Nc1ccsc1C(=O)OC. The molecule has 1 N–H and O–H groups in total. The number of unbranched alkanes of at least 4 members (excludes halogenated alkanes) is 2. The first-order chi connectivity index (χ1) is 8.69. The molecule has 0 spiro atoms. The fraction of sp³-hybridized carbons (Fsp3) is 0.385. The molecule has 1 aromatic rings. The number of terminal acetylenes is 1. The van der Waals surface area contributed by atoms with Gasteiger partial charge in [-0.15, -0.1) is 23.7 Å². The van der Waals surface area contributed by atoms with E-state index in [9.17, 15) is 9.59 Å². The number of nitrogens with one attached hydrogen (secondary N) is 1. The summed E-state index contributed by atoms with van der Waals surface area (Å²) in [5.41, 5.74) is 0.508. The van der Waals surface area contributed by atoms with Crippen LogP contribution in [0.3, 0.4) is 0 Å². The smallest absolute Gasteiger partial charge is 0.350 e. The van der Waals surface area contributed by atoms with Crippen molar-refractivity contribution in [1.82, 2.24) is 0 Å². The quantitative estimate of drug-likeness (QED) is 0.489. The van der Waals surface area contributed by atoms with Crippen molar-refractivity contribution in [3.05, 3.63) is 16.3 Å². The van der Waals surface area contributed by atoms with Gasteiger partial charge in [-0.05, 0) is 24.3 Å².